The molecule has 1 aromatic heterocycles. The molecule has 2 rings (SSSR count). The van der Waals surface area contributed by atoms with E-state index in [-0.39, 0.29) is 12.2 Å². The lowest BCUT2D eigenvalue weighted by molar-refractivity contribution is -0.153. The maximum absolute atomic E-state index is 11.5. The van der Waals surface area contributed by atoms with Crippen molar-refractivity contribution in [3.63, 3.8) is 0 Å². The Balaban J connectivity index is 2.51. The van der Waals surface area contributed by atoms with Crippen LogP contribution in [-0.2, 0) is 9.53 Å². The Morgan fingerprint density at radius 1 is 1.53 bits per heavy atom. The second-order valence-electron chi connectivity index (χ2n) is 3.65. The van der Waals surface area contributed by atoms with E-state index in [1.165, 1.54) is 13.2 Å². The number of esters is 1. The number of carbonyl (C=O) groups excluding carboxylic acids is 1. The normalized spacial score (nSPS) is 12.4. The summed E-state index contributed by atoms with van der Waals surface area (Å²) in [7, 11) is 1.41. The van der Waals surface area contributed by atoms with Gasteiger partial charge in [0.2, 0.25) is 0 Å². The molecular weight excluding hydrogens is 272 g/mol. The highest BCUT2D eigenvalue weighted by Gasteiger charge is 2.24. The lowest BCUT2D eigenvalue weighted by atomic mass is 10.1. The monoisotopic (exact) mass is 284 g/mol. The molecule has 2 aromatic rings. The topological polar surface area (TPSA) is 86.0 Å². The van der Waals surface area contributed by atoms with Crippen LogP contribution in [0.3, 0.4) is 0 Å². The van der Waals surface area contributed by atoms with Gasteiger partial charge in [0, 0.05) is 11.6 Å². The Bertz CT molecular complexity index is 656. The summed E-state index contributed by atoms with van der Waals surface area (Å²) in [6.45, 7) is 1.80. The summed E-state index contributed by atoms with van der Waals surface area (Å²) in [6, 6.07) is 2.95. The average molecular weight is 284 g/mol. The summed E-state index contributed by atoms with van der Waals surface area (Å²) in [4.78, 5) is 22.2. The lowest BCUT2D eigenvalue weighted by Gasteiger charge is -2.13. The van der Waals surface area contributed by atoms with Crippen molar-refractivity contribution >= 4 is 27.6 Å². The van der Waals surface area contributed by atoms with E-state index in [0.29, 0.717) is 16.0 Å². The Morgan fingerprint density at radius 3 is 2.89 bits per heavy atom. The van der Waals surface area contributed by atoms with Crippen molar-refractivity contribution in [2.45, 2.75) is 13.0 Å². The minimum Gasteiger partial charge on any atom is -0.496 e. The van der Waals surface area contributed by atoms with Gasteiger partial charge in [0.25, 0.3) is 0 Å². The molecule has 7 heteroatoms. The van der Waals surface area contributed by atoms with Gasteiger partial charge < -0.3 is 19.0 Å². The van der Waals surface area contributed by atoms with E-state index in [1.807, 2.05) is 0 Å². The summed E-state index contributed by atoms with van der Waals surface area (Å²) < 4.78 is 15.4. The van der Waals surface area contributed by atoms with Crippen LogP contribution in [-0.4, -0.2) is 24.8 Å². The molecule has 0 aliphatic heterocycles. The maximum Gasteiger partial charge on any atom is 0.396 e. The molecule has 1 unspecified atom stereocenters. The van der Waals surface area contributed by atoms with Gasteiger partial charge in [-0.2, -0.15) is 0 Å². The molecule has 0 bridgehead atoms. The summed E-state index contributed by atoms with van der Waals surface area (Å²) >= 11 is 0.921. The minimum absolute atomic E-state index is 0.161. The van der Waals surface area contributed by atoms with Gasteiger partial charge in [-0.25, -0.2) is 9.59 Å². The van der Waals surface area contributed by atoms with Gasteiger partial charge in [0.05, 0.1) is 18.4 Å². The predicted molar refractivity (Wildman–Crippen MR) is 68.5 cm³/mol. The SMILES string of the molecule is CCOC(=O)C(O)c1cc2oc(=O)sc2cc1OC. The second-order valence-corrected chi connectivity index (χ2v) is 4.63. The van der Waals surface area contributed by atoms with Crippen molar-refractivity contribution in [1.82, 2.24) is 0 Å². The standard InChI is InChI=1S/C12H12O6S/c1-3-17-11(14)10(13)6-4-8-9(5-7(6)16-2)19-12(15)18-8/h4-5,10,13H,3H2,1-2H3. The van der Waals surface area contributed by atoms with Crippen LogP contribution in [0.1, 0.15) is 18.6 Å². The molecule has 0 radical (unpaired) electrons. The Labute approximate surface area is 112 Å². The number of benzene rings is 1. The van der Waals surface area contributed by atoms with E-state index in [2.05, 4.69) is 0 Å². The van der Waals surface area contributed by atoms with Crippen molar-refractivity contribution in [3.05, 3.63) is 27.4 Å². The number of ether oxygens (including phenoxy) is 2. The van der Waals surface area contributed by atoms with Crippen LogP contribution in [0.2, 0.25) is 0 Å². The number of aliphatic hydroxyl groups excluding tert-OH is 1. The lowest BCUT2D eigenvalue weighted by Crippen LogP contribution is -2.16. The first-order valence-corrected chi connectivity index (χ1v) is 6.34. The molecule has 1 N–H and O–H groups in total. The van der Waals surface area contributed by atoms with Crippen LogP contribution < -0.4 is 9.68 Å². The summed E-state index contributed by atoms with van der Waals surface area (Å²) in [6.07, 6.45) is -1.48. The van der Waals surface area contributed by atoms with E-state index in [1.54, 1.807) is 13.0 Å². The van der Waals surface area contributed by atoms with Gasteiger partial charge in [-0.3, -0.25) is 0 Å². The van der Waals surface area contributed by atoms with Crippen molar-refractivity contribution in [1.29, 1.82) is 0 Å². The third-order valence-corrected chi connectivity index (χ3v) is 3.28. The molecule has 102 valence electrons. The third-order valence-electron chi connectivity index (χ3n) is 2.49. The zero-order chi connectivity index (χ0) is 14.0. The van der Waals surface area contributed by atoms with E-state index < -0.39 is 17.0 Å². The molecule has 0 fully saturated rings. The quantitative estimate of drug-likeness (QED) is 0.855. The maximum atomic E-state index is 11.5. The van der Waals surface area contributed by atoms with E-state index in [0.717, 1.165) is 11.3 Å². The number of rotatable bonds is 4. The van der Waals surface area contributed by atoms with Gasteiger partial charge in [-0.05, 0) is 13.0 Å². The highest BCUT2D eigenvalue weighted by atomic mass is 32.1. The van der Waals surface area contributed by atoms with Crippen molar-refractivity contribution in [2.24, 2.45) is 0 Å². The smallest absolute Gasteiger partial charge is 0.396 e. The molecule has 1 atom stereocenters. The fourth-order valence-corrected chi connectivity index (χ4v) is 2.33. The zero-order valence-electron chi connectivity index (χ0n) is 10.3. The van der Waals surface area contributed by atoms with Crippen LogP contribution in [0, 0.1) is 0 Å². The van der Waals surface area contributed by atoms with Crippen molar-refractivity contribution in [2.75, 3.05) is 13.7 Å². The van der Waals surface area contributed by atoms with Crippen molar-refractivity contribution < 1.29 is 23.8 Å². The molecule has 0 saturated heterocycles. The third kappa shape index (κ3) is 2.61. The van der Waals surface area contributed by atoms with Crippen LogP contribution in [0.5, 0.6) is 5.75 Å². The summed E-state index contributed by atoms with van der Waals surface area (Å²) in [5.41, 5.74) is 0.504. The molecule has 1 aromatic carbocycles. The summed E-state index contributed by atoms with van der Waals surface area (Å²) in [5, 5.41) is 9.93. The van der Waals surface area contributed by atoms with Gasteiger partial charge in [-0.1, -0.05) is 11.3 Å². The first-order valence-electron chi connectivity index (χ1n) is 5.53. The van der Waals surface area contributed by atoms with E-state index >= 15 is 0 Å². The molecule has 0 amide bonds. The van der Waals surface area contributed by atoms with Gasteiger partial charge in [-0.15, -0.1) is 0 Å². The highest BCUT2D eigenvalue weighted by Crippen LogP contribution is 2.32. The largest absolute Gasteiger partial charge is 0.496 e. The van der Waals surface area contributed by atoms with Gasteiger partial charge in [0.1, 0.15) is 11.3 Å². The average Bonchev–Trinajstić information content (AvgIpc) is 2.75. The fraction of sp³-hybridized carbons (Fsp3) is 0.333. The molecule has 0 aliphatic carbocycles. The highest BCUT2D eigenvalue weighted by molar-refractivity contribution is 7.16. The number of fused-ring (bicyclic) bond motifs is 1. The van der Waals surface area contributed by atoms with Crippen LogP contribution in [0.15, 0.2) is 21.3 Å². The van der Waals surface area contributed by atoms with Crippen LogP contribution in [0.4, 0.5) is 0 Å². The van der Waals surface area contributed by atoms with Gasteiger partial charge in [0.15, 0.2) is 6.10 Å². The molecule has 0 aliphatic rings. The van der Waals surface area contributed by atoms with Gasteiger partial charge >= 0.3 is 10.9 Å². The number of hydrogen-bond acceptors (Lipinski definition) is 7. The Morgan fingerprint density at radius 2 is 2.26 bits per heavy atom. The minimum atomic E-state index is -1.48. The molecular formula is C12H12O6S. The number of methoxy groups -OCH3 is 1. The van der Waals surface area contributed by atoms with E-state index in [4.69, 9.17) is 13.9 Å². The number of hydrogen-bond donors (Lipinski definition) is 1. The summed E-state index contributed by atoms with van der Waals surface area (Å²) in [5.74, 6) is -0.483. The molecule has 1 heterocycles. The Hall–Kier alpha value is -1.86. The van der Waals surface area contributed by atoms with Crippen LogP contribution in [0.25, 0.3) is 10.3 Å². The van der Waals surface area contributed by atoms with Crippen LogP contribution >= 0.6 is 11.3 Å². The Kier molecular flexibility index (Phi) is 3.87. The zero-order valence-corrected chi connectivity index (χ0v) is 11.2. The molecule has 0 saturated carbocycles. The number of carbonyl (C=O) groups is 1. The second kappa shape index (κ2) is 5.41. The molecule has 19 heavy (non-hydrogen) atoms. The molecule has 0 spiro atoms. The number of aliphatic hydroxyl groups is 1. The fourth-order valence-electron chi connectivity index (χ4n) is 1.66. The first kappa shape index (κ1) is 13.6. The molecule has 6 nitrogen and oxygen atoms in total. The van der Waals surface area contributed by atoms with E-state index in [9.17, 15) is 14.7 Å². The van der Waals surface area contributed by atoms with Crippen molar-refractivity contribution in [3.8, 4) is 5.75 Å². The predicted octanol–water partition coefficient (Wildman–Crippen LogP) is 1.46. The first-order chi connectivity index (χ1) is 9.06.